The zero-order valence-electron chi connectivity index (χ0n) is 17.8. The number of fused-ring (bicyclic) bond motifs is 4. The van der Waals surface area contributed by atoms with Gasteiger partial charge in [-0.15, -0.1) is 0 Å². The predicted molar refractivity (Wildman–Crippen MR) is 138 cm³/mol. The lowest BCUT2D eigenvalue weighted by molar-refractivity contribution is 0.303. The number of imidazole rings is 2. The molecule has 0 radical (unpaired) electrons. The Kier molecular flexibility index (Phi) is 5.29. The van der Waals surface area contributed by atoms with Crippen molar-refractivity contribution >= 4 is 51.1 Å². The van der Waals surface area contributed by atoms with Crippen molar-refractivity contribution in [2.45, 2.75) is 6.61 Å². The van der Waals surface area contributed by atoms with Crippen molar-refractivity contribution < 1.29 is 14.3 Å². The van der Waals surface area contributed by atoms with Gasteiger partial charge >= 0.3 is 0 Å². The number of hydrogen-bond acceptors (Lipinski definition) is 5. The van der Waals surface area contributed by atoms with E-state index in [4.69, 9.17) is 4.74 Å². The van der Waals surface area contributed by atoms with Crippen LogP contribution in [0.5, 0.6) is 5.75 Å². The van der Waals surface area contributed by atoms with Crippen LogP contribution in [0.15, 0.2) is 60.9 Å². The molecule has 166 valence electrons. The summed E-state index contributed by atoms with van der Waals surface area (Å²) in [5, 5.41) is 2.19. The van der Waals surface area contributed by atoms with Crippen molar-refractivity contribution in [3.05, 3.63) is 66.5 Å². The van der Waals surface area contributed by atoms with E-state index in [2.05, 4.69) is 68.5 Å². The van der Waals surface area contributed by atoms with E-state index in [1.165, 1.54) is 0 Å². The average molecular weight is 484 g/mol. The van der Waals surface area contributed by atoms with Crippen molar-refractivity contribution in [1.29, 1.82) is 0 Å². The maximum atomic E-state index is 10.8. The number of nitrogens with one attached hydrogen (secondary N) is 2. The number of carbonyl (C=O) groups excluding carboxylic acids is 2. The molecule has 2 aromatic heterocycles. The number of hydrogen-bond donors (Lipinski definition) is 2. The van der Waals surface area contributed by atoms with Crippen LogP contribution in [-0.4, -0.2) is 32.0 Å². The summed E-state index contributed by atoms with van der Waals surface area (Å²) in [6, 6.07) is 18.5. The maximum absolute atomic E-state index is 10.8. The van der Waals surface area contributed by atoms with Crippen LogP contribution >= 0.6 is 17.2 Å². The standard InChI is InChI=1S/C25H18N4O3P2/c30-12-33-24-26-9-21(28-24)15-2-1-14-7-20-19-4-3-16(22-10-27-25(29-22)34-13-31)6-18(19)11-32-23(20)8-17(14)5-15/h1-10,12-13,33-34H,11H2,(H,26,28)(H,27,29). The zero-order valence-corrected chi connectivity index (χ0v) is 19.8. The van der Waals surface area contributed by atoms with Crippen molar-refractivity contribution in [3.8, 4) is 39.4 Å². The molecule has 7 nitrogen and oxygen atoms in total. The molecule has 5 aromatic rings. The first-order chi connectivity index (χ1) is 16.7. The van der Waals surface area contributed by atoms with Gasteiger partial charge in [-0.05, 0) is 51.7 Å². The number of benzene rings is 3. The molecule has 0 saturated heterocycles. The summed E-state index contributed by atoms with van der Waals surface area (Å²) >= 11 is 0. The van der Waals surface area contributed by atoms with Crippen LogP contribution in [0.1, 0.15) is 5.56 Å². The molecule has 6 rings (SSSR count). The Hall–Kier alpha value is -3.66. The third kappa shape index (κ3) is 3.73. The second-order valence-corrected chi connectivity index (χ2v) is 9.88. The smallest absolute Gasteiger partial charge is 0.146 e. The van der Waals surface area contributed by atoms with Gasteiger partial charge < -0.3 is 14.7 Å². The predicted octanol–water partition coefficient (Wildman–Crippen LogP) is 4.17. The fourth-order valence-corrected chi connectivity index (χ4v) is 5.18. The first-order valence-corrected chi connectivity index (χ1v) is 12.7. The molecular formula is C25H18N4O3P2. The second-order valence-electron chi connectivity index (χ2n) is 7.89. The lowest BCUT2D eigenvalue weighted by atomic mass is 9.92. The average Bonchev–Trinajstić information content (AvgIpc) is 3.53. The molecule has 1 aliphatic rings. The number of H-pyrrole nitrogens is 2. The Balaban J connectivity index is 1.36. The lowest BCUT2D eigenvalue weighted by Gasteiger charge is -2.22. The first-order valence-electron chi connectivity index (χ1n) is 10.6. The minimum Gasteiger partial charge on any atom is -0.488 e. The summed E-state index contributed by atoms with van der Waals surface area (Å²) in [7, 11) is 0.0501. The summed E-state index contributed by atoms with van der Waals surface area (Å²) in [5.74, 6) is 0.855. The molecular weight excluding hydrogens is 466 g/mol. The normalized spacial score (nSPS) is 12.8. The quantitative estimate of drug-likeness (QED) is 0.278. The first kappa shape index (κ1) is 20.9. The number of nitrogens with zero attached hydrogens (tertiary/aromatic N) is 2. The van der Waals surface area contributed by atoms with Gasteiger partial charge in [0.2, 0.25) is 0 Å². The number of carbonyl (C=O) groups is 2. The van der Waals surface area contributed by atoms with E-state index in [9.17, 15) is 9.59 Å². The highest BCUT2D eigenvalue weighted by Crippen LogP contribution is 2.41. The van der Waals surface area contributed by atoms with Crippen LogP contribution in [0.2, 0.25) is 0 Å². The third-order valence-electron chi connectivity index (χ3n) is 5.88. The van der Waals surface area contributed by atoms with E-state index in [1.807, 2.05) is 0 Å². The van der Waals surface area contributed by atoms with Crippen LogP contribution in [0.25, 0.3) is 44.4 Å². The van der Waals surface area contributed by atoms with E-state index in [-0.39, 0.29) is 17.2 Å². The molecule has 0 aliphatic carbocycles. The van der Waals surface area contributed by atoms with E-state index < -0.39 is 0 Å². The fourth-order valence-electron chi connectivity index (χ4n) is 4.27. The highest BCUT2D eigenvalue weighted by molar-refractivity contribution is 7.62. The van der Waals surface area contributed by atoms with Gasteiger partial charge in [0.1, 0.15) is 35.5 Å². The Bertz CT molecular complexity index is 1570. The van der Waals surface area contributed by atoms with Gasteiger partial charge in [-0.1, -0.05) is 24.3 Å². The second kappa shape index (κ2) is 8.60. The molecule has 0 bridgehead atoms. The molecule has 2 atom stereocenters. The Morgan fingerprint density at radius 1 is 0.765 bits per heavy atom. The van der Waals surface area contributed by atoms with E-state index in [1.54, 1.807) is 12.4 Å². The summed E-state index contributed by atoms with van der Waals surface area (Å²) < 4.78 is 6.15. The van der Waals surface area contributed by atoms with Gasteiger partial charge in [0.25, 0.3) is 0 Å². The molecule has 0 saturated carbocycles. The topological polar surface area (TPSA) is 101 Å². The molecule has 2 unspecified atom stereocenters. The van der Waals surface area contributed by atoms with Crippen molar-refractivity contribution in [1.82, 2.24) is 19.9 Å². The van der Waals surface area contributed by atoms with Gasteiger partial charge in [0.05, 0.1) is 23.8 Å². The number of ether oxygens (including phenoxy) is 1. The minimum atomic E-state index is 0.0250. The van der Waals surface area contributed by atoms with Gasteiger partial charge in [-0.3, -0.25) is 9.59 Å². The van der Waals surface area contributed by atoms with Gasteiger partial charge in [0, 0.05) is 28.3 Å². The van der Waals surface area contributed by atoms with Crippen molar-refractivity contribution in [2.75, 3.05) is 0 Å². The number of rotatable bonds is 6. The van der Waals surface area contributed by atoms with Crippen molar-refractivity contribution in [2.24, 2.45) is 0 Å². The monoisotopic (exact) mass is 484 g/mol. The van der Waals surface area contributed by atoms with E-state index in [0.29, 0.717) is 17.7 Å². The molecule has 34 heavy (non-hydrogen) atoms. The summed E-state index contributed by atoms with van der Waals surface area (Å²) in [6.45, 7) is 0.481. The van der Waals surface area contributed by atoms with Crippen LogP contribution < -0.4 is 15.9 Å². The minimum absolute atomic E-state index is 0.0250. The molecule has 3 heterocycles. The molecule has 0 spiro atoms. The van der Waals surface area contributed by atoms with Gasteiger partial charge in [0.15, 0.2) is 0 Å². The molecule has 0 amide bonds. The Labute approximate surface area is 197 Å². The SMILES string of the molecule is O=CPc1ncc(-c2ccc3c(c2)COc2cc4cc(-c5cnc(PC=O)[nH]5)ccc4cc2-3)[nH]1. The highest BCUT2D eigenvalue weighted by Gasteiger charge is 2.19. The van der Waals surface area contributed by atoms with Crippen molar-refractivity contribution in [3.63, 3.8) is 0 Å². The van der Waals surface area contributed by atoms with Gasteiger partial charge in [-0.25, -0.2) is 9.97 Å². The van der Waals surface area contributed by atoms with Crippen LogP contribution in [0.3, 0.4) is 0 Å². The van der Waals surface area contributed by atoms with E-state index in [0.717, 1.165) is 67.8 Å². The molecule has 0 fully saturated rings. The zero-order chi connectivity index (χ0) is 23.1. The molecule has 1 aliphatic heterocycles. The number of aromatic nitrogens is 4. The lowest BCUT2D eigenvalue weighted by Crippen LogP contribution is -2.06. The highest BCUT2D eigenvalue weighted by atomic mass is 31.1. The summed E-state index contributed by atoms with van der Waals surface area (Å²) in [5.41, 5.74) is 8.50. The fraction of sp³-hybridized carbons (Fsp3) is 0.0400. The molecule has 9 heteroatoms. The summed E-state index contributed by atoms with van der Waals surface area (Å²) in [6.07, 6.45) is 3.52. The maximum Gasteiger partial charge on any atom is 0.146 e. The van der Waals surface area contributed by atoms with E-state index >= 15 is 0 Å². The van der Waals surface area contributed by atoms with Crippen LogP contribution in [0.4, 0.5) is 0 Å². The largest absolute Gasteiger partial charge is 0.488 e. The van der Waals surface area contributed by atoms with Gasteiger partial charge in [-0.2, -0.15) is 0 Å². The number of aromatic amines is 2. The Morgan fingerprint density at radius 2 is 1.44 bits per heavy atom. The van der Waals surface area contributed by atoms with Crippen LogP contribution in [-0.2, 0) is 16.2 Å². The third-order valence-corrected chi connectivity index (χ3v) is 7.17. The molecule has 3 aromatic carbocycles. The Morgan fingerprint density at radius 3 is 2.15 bits per heavy atom. The van der Waals surface area contributed by atoms with Crippen LogP contribution in [0, 0.1) is 0 Å². The molecule has 2 N–H and O–H groups in total. The summed E-state index contributed by atoms with van der Waals surface area (Å²) in [4.78, 5) is 36.5.